The van der Waals surface area contributed by atoms with Gasteiger partial charge in [-0.2, -0.15) is 0 Å². The average Bonchev–Trinajstić information content (AvgIpc) is 3.23. The Morgan fingerprint density at radius 1 is 0.650 bits per heavy atom. The van der Waals surface area contributed by atoms with E-state index in [9.17, 15) is 28.8 Å². The largest absolute Gasteiger partial charge is 0.465 e. The van der Waals surface area contributed by atoms with Crippen molar-refractivity contribution >= 4 is 35.6 Å². The quantitative estimate of drug-likeness (QED) is 0.120. The van der Waals surface area contributed by atoms with Crippen molar-refractivity contribution in [2.45, 2.75) is 70.0 Å². The van der Waals surface area contributed by atoms with Crippen LogP contribution in [0.5, 0.6) is 0 Å². The molecule has 5 aliphatic rings. The zero-order valence-corrected chi connectivity index (χ0v) is 22.5. The van der Waals surface area contributed by atoms with Crippen molar-refractivity contribution in [3.05, 3.63) is 24.3 Å². The summed E-state index contributed by atoms with van der Waals surface area (Å²) in [6.45, 7) is 1.29. The molecule has 0 aromatic carbocycles. The molecule has 0 radical (unpaired) electrons. The minimum Gasteiger partial charge on any atom is -0.465 e. The van der Waals surface area contributed by atoms with Crippen molar-refractivity contribution < 1.29 is 43.0 Å². The lowest BCUT2D eigenvalue weighted by Gasteiger charge is -2.28. The molecular formula is C29H36N2O9. The molecule has 3 aliphatic heterocycles. The molecule has 40 heavy (non-hydrogen) atoms. The zero-order valence-electron chi connectivity index (χ0n) is 22.5. The first kappa shape index (κ1) is 28.2. The highest BCUT2D eigenvalue weighted by atomic mass is 16.6. The Morgan fingerprint density at radius 3 is 1.45 bits per heavy atom. The molecule has 0 aromatic rings. The molecule has 3 heterocycles. The third-order valence-corrected chi connectivity index (χ3v) is 8.80. The Morgan fingerprint density at radius 2 is 1.05 bits per heavy atom. The van der Waals surface area contributed by atoms with Crippen molar-refractivity contribution in [1.29, 1.82) is 0 Å². The second-order valence-corrected chi connectivity index (χ2v) is 11.3. The van der Waals surface area contributed by atoms with Gasteiger partial charge in [0, 0.05) is 62.1 Å². The summed E-state index contributed by atoms with van der Waals surface area (Å²) >= 11 is 0. The molecule has 2 saturated carbocycles. The highest BCUT2D eigenvalue weighted by Crippen LogP contribution is 2.61. The first-order chi connectivity index (χ1) is 19.3. The SMILES string of the molecule is O=C(CCCCCN1C(=O)C=CC1=O)OC[C@H]1C2CC(C3OC32)[C@@H]1COC(=O)CCCCCN1C(=O)C=CC1=O. The fraction of sp³-hybridized carbons (Fsp3) is 0.655. The number of rotatable bonds is 16. The minimum atomic E-state index is -0.291. The number of fused-ring (bicyclic) bond motifs is 5. The molecule has 5 rings (SSSR count). The normalized spacial score (nSPS) is 29.6. The van der Waals surface area contributed by atoms with Crippen LogP contribution < -0.4 is 0 Å². The second-order valence-electron chi connectivity index (χ2n) is 11.3. The fourth-order valence-electron chi connectivity index (χ4n) is 6.63. The topological polar surface area (TPSA) is 140 Å². The number of nitrogens with zero attached hydrogens (tertiary/aromatic N) is 2. The van der Waals surface area contributed by atoms with Gasteiger partial charge in [-0.25, -0.2) is 0 Å². The number of hydrogen-bond acceptors (Lipinski definition) is 9. The van der Waals surface area contributed by atoms with E-state index < -0.39 is 0 Å². The summed E-state index contributed by atoms with van der Waals surface area (Å²) in [5.41, 5.74) is 0. The zero-order chi connectivity index (χ0) is 28.2. The van der Waals surface area contributed by atoms with Gasteiger partial charge in [-0.15, -0.1) is 0 Å². The molecule has 4 amide bonds. The Bertz CT molecular complexity index is 995. The van der Waals surface area contributed by atoms with Gasteiger partial charge in [0.15, 0.2) is 0 Å². The van der Waals surface area contributed by atoms with Gasteiger partial charge in [0.2, 0.25) is 0 Å². The molecule has 2 bridgehead atoms. The Hall–Kier alpha value is -3.34. The lowest BCUT2D eigenvalue weighted by molar-refractivity contribution is -0.150. The Kier molecular flexibility index (Phi) is 8.78. The summed E-state index contributed by atoms with van der Waals surface area (Å²) in [6, 6.07) is 0. The lowest BCUT2D eigenvalue weighted by atomic mass is 9.80. The van der Waals surface area contributed by atoms with E-state index in [1.54, 1.807) is 0 Å². The number of carbonyl (C=O) groups is 6. The Labute approximate surface area is 232 Å². The third-order valence-electron chi connectivity index (χ3n) is 8.80. The molecule has 0 spiro atoms. The molecule has 11 heteroatoms. The van der Waals surface area contributed by atoms with E-state index in [0.717, 1.165) is 6.42 Å². The monoisotopic (exact) mass is 556 g/mol. The van der Waals surface area contributed by atoms with Crippen molar-refractivity contribution in [2.75, 3.05) is 26.3 Å². The summed E-state index contributed by atoms with van der Waals surface area (Å²) in [4.78, 5) is 73.4. The number of carbonyl (C=O) groups excluding carboxylic acids is 6. The molecule has 0 N–H and O–H groups in total. The first-order valence-corrected chi connectivity index (χ1v) is 14.4. The van der Waals surface area contributed by atoms with Crippen LogP contribution in [0.4, 0.5) is 0 Å². The fourth-order valence-corrected chi connectivity index (χ4v) is 6.63. The van der Waals surface area contributed by atoms with Crippen molar-refractivity contribution in [3.63, 3.8) is 0 Å². The first-order valence-electron chi connectivity index (χ1n) is 14.4. The van der Waals surface area contributed by atoms with Crippen LogP contribution >= 0.6 is 0 Å². The molecule has 216 valence electrons. The summed E-state index contributed by atoms with van der Waals surface area (Å²) < 4.78 is 17.1. The van der Waals surface area contributed by atoms with Gasteiger partial charge >= 0.3 is 11.9 Å². The summed E-state index contributed by atoms with van der Waals surface area (Å²) in [7, 11) is 0. The molecule has 4 unspecified atom stereocenters. The van der Waals surface area contributed by atoms with Gasteiger partial charge in [0.05, 0.1) is 25.4 Å². The maximum Gasteiger partial charge on any atom is 0.305 e. The van der Waals surface area contributed by atoms with Gasteiger partial charge in [-0.05, 0) is 43.9 Å². The third kappa shape index (κ3) is 6.35. The van der Waals surface area contributed by atoms with Crippen LogP contribution in [0.1, 0.15) is 57.8 Å². The van der Waals surface area contributed by atoms with Gasteiger partial charge in [0.1, 0.15) is 0 Å². The number of hydrogen-bond donors (Lipinski definition) is 0. The van der Waals surface area contributed by atoms with Gasteiger partial charge in [0.25, 0.3) is 23.6 Å². The van der Waals surface area contributed by atoms with Crippen LogP contribution in [0.3, 0.4) is 0 Å². The number of esters is 2. The summed E-state index contributed by atoms with van der Waals surface area (Å²) in [5, 5.41) is 0. The predicted molar refractivity (Wildman–Crippen MR) is 138 cm³/mol. The van der Waals surface area contributed by atoms with E-state index in [0.29, 0.717) is 76.7 Å². The number of epoxide rings is 1. The van der Waals surface area contributed by atoms with Crippen LogP contribution in [-0.2, 0) is 43.0 Å². The predicted octanol–water partition coefficient (Wildman–Crippen LogP) is 1.69. The molecular weight excluding hydrogens is 520 g/mol. The van der Waals surface area contributed by atoms with E-state index in [2.05, 4.69) is 0 Å². The maximum absolute atomic E-state index is 12.4. The van der Waals surface area contributed by atoms with Crippen molar-refractivity contribution in [3.8, 4) is 0 Å². The van der Waals surface area contributed by atoms with E-state index in [1.165, 1.54) is 34.1 Å². The highest BCUT2D eigenvalue weighted by molar-refractivity contribution is 6.13. The van der Waals surface area contributed by atoms with Crippen LogP contribution in [-0.4, -0.2) is 83.9 Å². The molecule has 2 aliphatic carbocycles. The van der Waals surface area contributed by atoms with E-state index >= 15 is 0 Å². The number of ether oxygens (including phenoxy) is 3. The standard InChI is InChI=1S/C29H36N2O9/c32-22-9-10-23(33)30(22)13-5-1-3-7-26(36)38-16-20-18-15-19(29-28(18)40-29)21(20)17-39-27(37)8-4-2-6-14-31-24(34)11-12-25(31)35/h9-12,18-21,28-29H,1-8,13-17H2/t18?,19?,20-,21-,28?,29?/m0/s1. The van der Waals surface area contributed by atoms with Gasteiger partial charge in [-0.1, -0.05) is 12.8 Å². The molecule has 0 aromatic heterocycles. The number of amides is 4. The van der Waals surface area contributed by atoms with E-state index in [4.69, 9.17) is 14.2 Å². The smallest absolute Gasteiger partial charge is 0.305 e. The second kappa shape index (κ2) is 12.4. The van der Waals surface area contributed by atoms with Crippen LogP contribution in [0.2, 0.25) is 0 Å². The van der Waals surface area contributed by atoms with Gasteiger partial charge < -0.3 is 14.2 Å². The highest BCUT2D eigenvalue weighted by Gasteiger charge is 2.67. The Balaban J connectivity index is 0.958. The lowest BCUT2D eigenvalue weighted by Crippen LogP contribution is -2.35. The maximum atomic E-state index is 12.4. The van der Waals surface area contributed by atoms with E-state index in [-0.39, 0.29) is 72.5 Å². The summed E-state index contributed by atoms with van der Waals surface area (Å²) in [5.74, 6) is -0.848. The number of imide groups is 2. The van der Waals surface area contributed by atoms with E-state index in [1.807, 2.05) is 0 Å². The molecule has 3 fully saturated rings. The van der Waals surface area contributed by atoms with Crippen molar-refractivity contribution in [1.82, 2.24) is 9.80 Å². The average molecular weight is 557 g/mol. The molecule has 1 saturated heterocycles. The van der Waals surface area contributed by atoms with Crippen LogP contribution in [0.25, 0.3) is 0 Å². The van der Waals surface area contributed by atoms with Gasteiger partial charge in [-0.3, -0.25) is 38.6 Å². The van der Waals surface area contributed by atoms with Crippen LogP contribution in [0.15, 0.2) is 24.3 Å². The molecule has 6 atom stereocenters. The summed E-state index contributed by atoms with van der Waals surface area (Å²) in [6.07, 6.45) is 11.0. The number of unbranched alkanes of at least 4 members (excludes halogenated alkanes) is 4. The van der Waals surface area contributed by atoms with Crippen LogP contribution in [0, 0.1) is 23.7 Å². The molecule has 11 nitrogen and oxygen atoms in total. The minimum absolute atomic E-state index is 0.106. The van der Waals surface area contributed by atoms with Crippen molar-refractivity contribution in [2.24, 2.45) is 23.7 Å².